The average Bonchev–Trinajstić information content (AvgIpc) is 3.01. The Bertz CT molecular complexity index is 673. The maximum atomic E-state index is 12.0. The van der Waals surface area contributed by atoms with Crippen molar-refractivity contribution in [3.8, 4) is 0 Å². The van der Waals surface area contributed by atoms with Crippen LogP contribution in [0.2, 0.25) is 0 Å². The second-order valence-electron chi connectivity index (χ2n) is 6.22. The molecule has 0 saturated carbocycles. The van der Waals surface area contributed by atoms with Crippen molar-refractivity contribution in [2.45, 2.75) is 51.4 Å². The number of rotatable bonds is 11. The van der Waals surface area contributed by atoms with Gasteiger partial charge in [0.25, 0.3) is 0 Å². The van der Waals surface area contributed by atoms with Gasteiger partial charge < -0.3 is 14.6 Å². The Hall–Kier alpha value is -1.86. The number of carbonyl (C=O) groups excluding carboxylic acids is 1. The molecule has 2 rings (SSSR count). The molecule has 1 aromatic carbocycles. The van der Waals surface area contributed by atoms with E-state index in [9.17, 15) is 4.79 Å². The van der Waals surface area contributed by atoms with Crippen molar-refractivity contribution in [3.63, 3.8) is 0 Å². The zero-order valence-corrected chi connectivity index (χ0v) is 16.6. The van der Waals surface area contributed by atoms with Crippen LogP contribution in [-0.2, 0) is 22.5 Å². The van der Waals surface area contributed by atoms with Gasteiger partial charge in [0.15, 0.2) is 5.16 Å². The first-order chi connectivity index (χ1) is 12.6. The summed E-state index contributed by atoms with van der Waals surface area (Å²) in [7, 11) is 0. The highest BCUT2D eigenvalue weighted by Crippen LogP contribution is 2.18. The number of benzene rings is 1. The van der Waals surface area contributed by atoms with Crippen molar-refractivity contribution in [2.75, 3.05) is 18.9 Å². The third kappa shape index (κ3) is 6.80. The number of amides is 1. The predicted molar refractivity (Wildman–Crippen MR) is 104 cm³/mol. The van der Waals surface area contributed by atoms with Crippen LogP contribution in [0.3, 0.4) is 0 Å². The van der Waals surface area contributed by atoms with Crippen LogP contribution in [0.25, 0.3) is 0 Å². The van der Waals surface area contributed by atoms with E-state index in [1.54, 1.807) is 0 Å². The molecule has 0 spiro atoms. The van der Waals surface area contributed by atoms with Crippen LogP contribution < -0.4 is 5.32 Å². The van der Waals surface area contributed by atoms with E-state index in [2.05, 4.69) is 39.1 Å². The number of hydrogen-bond acceptors (Lipinski definition) is 5. The minimum absolute atomic E-state index is 0.00908. The van der Waals surface area contributed by atoms with E-state index < -0.39 is 0 Å². The zero-order chi connectivity index (χ0) is 18.8. The fourth-order valence-electron chi connectivity index (χ4n) is 2.45. The smallest absolute Gasteiger partial charge is 0.230 e. The molecule has 0 fully saturated rings. The minimum Gasteiger partial charge on any atom is -0.379 e. The monoisotopic (exact) mass is 376 g/mol. The lowest BCUT2D eigenvalue weighted by Gasteiger charge is -2.09. The first-order valence-corrected chi connectivity index (χ1v) is 10.1. The maximum Gasteiger partial charge on any atom is 0.230 e. The molecule has 0 atom stereocenters. The second kappa shape index (κ2) is 11.0. The number of thioether (sulfide) groups is 1. The van der Waals surface area contributed by atoms with Gasteiger partial charge in [-0.25, -0.2) is 0 Å². The highest BCUT2D eigenvalue weighted by Gasteiger charge is 2.13. The average molecular weight is 377 g/mol. The molecule has 7 heteroatoms. The maximum absolute atomic E-state index is 12.0. The number of hydrogen-bond donors (Lipinski definition) is 1. The molecule has 1 heterocycles. The standard InChI is InChI=1S/C19H28N4O2S/c1-4-23-17(13-16-9-6-5-7-10-16)21-22-19(23)26-14-18(24)20-11-8-12-25-15(2)3/h5-7,9-10,15H,4,8,11-14H2,1-3H3,(H,20,24). The Balaban J connectivity index is 1.79. The molecule has 0 bridgehead atoms. The van der Waals surface area contributed by atoms with Crippen molar-refractivity contribution in [2.24, 2.45) is 0 Å². The van der Waals surface area contributed by atoms with Gasteiger partial charge in [0.1, 0.15) is 5.82 Å². The molecule has 0 aliphatic heterocycles. The molecular weight excluding hydrogens is 348 g/mol. The van der Waals surface area contributed by atoms with Crippen molar-refractivity contribution in [1.29, 1.82) is 0 Å². The Kier molecular flexibility index (Phi) is 8.64. The quantitative estimate of drug-likeness (QED) is 0.482. The van der Waals surface area contributed by atoms with Crippen LogP contribution in [0.15, 0.2) is 35.5 Å². The Morgan fingerprint density at radius 2 is 2.04 bits per heavy atom. The van der Waals surface area contributed by atoms with Gasteiger partial charge in [-0.05, 0) is 32.8 Å². The summed E-state index contributed by atoms with van der Waals surface area (Å²) in [6.45, 7) is 8.16. The van der Waals surface area contributed by atoms with Crippen LogP contribution in [0, 0.1) is 0 Å². The Morgan fingerprint density at radius 3 is 2.73 bits per heavy atom. The zero-order valence-electron chi connectivity index (χ0n) is 15.8. The molecule has 1 N–H and O–H groups in total. The fraction of sp³-hybridized carbons (Fsp3) is 0.526. The van der Waals surface area contributed by atoms with E-state index in [0.29, 0.717) is 18.9 Å². The van der Waals surface area contributed by atoms with Crippen molar-refractivity contribution in [3.05, 3.63) is 41.7 Å². The lowest BCUT2D eigenvalue weighted by molar-refractivity contribution is -0.118. The van der Waals surface area contributed by atoms with E-state index >= 15 is 0 Å². The van der Waals surface area contributed by atoms with Crippen LogP contribution >= 0.6 is 11.8 Å². The highest BCUT2D eigenvalue weighted by molar-refractivity contribution is 7.99. The molecule has 0 unspecified atom stereocenters. The van der Waals surface area contributed by atoms with Crippen molar-refractivity contribution < 1.29 is 9.53 Å². The van der Waals surface area contributed by atoms with Gasteiger partial charge in [0.05, 0.1) is 11.9 Å². The molecule has 142 valence electrons. The summed E-state index contributed by atoms with van der Waals surface area (Å²) in [6.07, 6.45) is 1.79. The van der Waals surface area contributed by atoms with Gasteiger partial charge in [0, 0.05) is 26.1 Å². The third-order valence-electron chi connectivity index (χ3n) is 3.74. The molecule has 0 aliphatic carbocycles. The lowest BCUT2D eigenvalue weighted by atomic mass is 10.1. The highest BCUT2D eigenvalue weighted by atomic mass is 32.2. The number of nitrogens with one attached hydrogen (secondary N) is 1. The van der Waals surface area contributed by atoms with Gasteiger partial charge in [-0.15, -0.1) is 10.2 Å². The van der Waals surface area contributed by atoms with Crippen LogP contribution in [0.5, 0.6) is 0 Å². The molecule has 0 aliphatic rings. The number of nitrogens with zero attached hydrogens (tertiary/aromatic N) is 3. The second-order valence-corrected chi connectivity index (χ2v) is 7.16. The van der Waals surface area contributed by atoms with Gasteiger partial charge in [-0.2, -0.15) is 0 Å². The summed E-state index contributed by atoms with van der Waals surface area (Å²) >= 11 is 1.43. The first kappa shape index (κ1) is 20.5. The molecule has 6 nitrogen and oxygen atoms in total. The topological polar surface area (TPSA) is 69.0 Å². The van der Waals surface area contributed by atoms with Crippen LogP contribution in [0.1, 0.15) is 38.6 Å². The van der Waals surface area contributed by atoms with Crippen molar-refractivity contribution in [1.82, 2.24) is 20.1 Å². The SMILES string of the molecule is CCn1c(Cc2ccccc2)nnc1SCC(=O)NCCCOC(C)C. The predicted octanol–water partition coefficient (Wildman–Crippen LogP) is 2.91. The number of aromatic nitrogens is 3. The summed E-state index contributed by atoms with van der Waals surface area (Å²) in [5.74, 6) is 1.27. The van der Waals surface area contributed by atoms with Crippen molar-refractivity contribution >= 4 is 17.7 Å². The summed E-state index contributed by atoms with van der Waals surface area (Å²) in [5, 5.41) is 12.3. The van der Waals surface area contributed by atoms with Gasteiger partial charge in [-0.1, -0.05) is 42.1 Å². The van der Waals surface area contributed by atoms with E-state index in [0.717, 1.165) is 30.4 Å². The van der Waals surface area contributed by atoms with E-state index in [1.807, 2.05) is 32.0 Å². The van der Waals surface area contributed by atoms with Gasteiger partial charge in [0.2, 0.25) is 5.91 Å². The normalized spacial score (nSPS) is 11.1. The lowest BCUT2D eigenvalue weighted by Crippen LogP contribution is -2.27. The fourth-order valence-corrected chi connectivity index (χ4v) is 3.30. The van der Waals surface area contributed by atoms with E-state index in [-0.39, 0.29) is 12.0 Å². The Morgan fingerprint density at radius 1 is 1.27 bits per heavy atom. The molecule has 1 aromatic heterocycles. The third-order valence-corrected chi connectivity index (χ3v) is 4.71. The number of ether oxygens (including phenoxy) is 1. The largest absolute Gasteiger partial charge is 0.379 e. The molecular formula is C19H28N4O2S. The Labute approximate surface area is 159 Å². The first-order valence-electron chi connectivity index (χ1n) is 9.07. The minimum atomic E-state index is 0.00908. The van der Waals surface area contributed by atoms with Crippen LogP contribution in [-0.4, -0.2) is 45.7 Å². The molecule has 2 aromatic rings. The molecule has 26 heavy (non-hydrogen) atoms. The summed E-state index contributed by atoms with van der Waals surface area (Å²) < 4.78 is 7.53. The molecule has 0 saturated heterocycles. The van der Waals surface area contributed by atoms with Gasteiger partial charge >= 0.3 is 0 Å². The summed E-state index contributed by atoms with van der Waals surface area (Å²) in [4.78, 5) is 12.0. The summed E-state index contributed by atoms with van der Waals surface area (Å²) in [6, 6.07) is 10.2. The number of carbonyl (C=O) groups is 1. The van der Waals surface area contributed by atoms with E-state index in [4.69, 9.17) is 4.74 Å². The summed E-state index contributed by atoms with van der Waals surface area (Å²) in [5.41, 5.74) is 1.20. The molecule has 1 amide bonds. The van der Waals surface area contributed by atoms with Gasteiger partial charge in [-0.3, -0.25) is 4.79 Å². The van der Waals surface area contributed by atoms with E-state index in [1.165, 1.54) is 17.3 Å². The van der Waals surface area contributed by atoms with Crippen LogP contribution in [0.4, 0.5) is 0 Å². The molecule has 0 radical (unpaired) electrons.